The summed E-state index contributed by atoms with van der Waals surface area (Å²) in [5.41, 5.74) is 1.60. The zero-order chi connectivity index (χ0) is 37.9. The average Bonchev–Trinajstić information content (AvgIpc) is 3.46. The molecule has 2 atom stereocenters. The Kier molecular flexibility index (Phi) is 10.4. The fourth-order valence-corrected chi connectivity index (χ4v) is 5.45. The van der Waals surface area contributed by atoms with E-state index in [4.69, 9.17) is 13.9 Å². The molecular formula is C38H32O14. The molecule has 0 aliphatic carbocycles. The van der Waals surface area contributed by atoms with Gasteiger partial charge in [0.25, 0.3) is 0 Å². The topological polar surface area (TPSA) is 241 Å². The Hall–Kier alpha value is -6.96. The van der Waals surface area contributed by atoms with Crippen LogP contribution < -0.4 is 0 Å². The number of hydrogen-bond donors (Lipinski definition) is 7. The number of aromatic hydroxyl groups is 5. The first-order valence-electron chi connectivity index (χ1n) is 15.6. The monoisotopic (exact) mass is 712 g/mol. The van der Waals surface area contributed by atoms with E-state index >= 15 is 0 Å². The lowest BCUT2D eigenvalue weighted by Crippen LogP contribution is -2.29. The molecule has 0 aliphatic rings. The van der Waals surface area contributed by atoms with Crippen molar-refractivity contribution in [2.75, 3.05) is 0 Å². The maximum Gasteiger partial charge on any atom is 0.345 e. The highest BCUT2D eigenvalue weighted by atomic mass is 16.6. The van der Waals surface area contributed by atoms with Gasteiger partial charge in [0.05, 0.1) is 0 Å². The van der Waals surface area contributed by atoms with Crippen molar-refractivity contribution in [3.63, 3.8) is 0 Å². The molecule has 4 aromatic carbocycles. The van der Waals surface area contributed by atoms with Crippen molar-refractivity contribution in [2.45, 2.75) is 38.9 Å². The lowest BCUT2D eigenvalue weighted by Gasteiger charge is -2.15. The van der Waals surface area contributed by atoms with Crippen molar-refractivity contribution >= 4 is 40.9 Å². The molecule has 5 rings (SSSR count). The summed E-state index contributed by atoms with van der Waals surface area (Å²) in [5, 5.41) is 69.7. The molecule has 7 N–H and O–H groups in total. The summed E-state index contributed by atoms with van der Waals surface area (Å²) < 4.78 is 16.5. The van der Waals surface area contributed by atoms with Gasteiger partial charge in [-0.05, 0) is 96.3 Å². The Morgan fingerprint density at radius 1 is 0.692 bits per heavy atom. The SMILES string of the molecule is Cc1cc(C[C@@H](OC(=O)C=Cc2cc(O)c3oc(-c4ccc(O)cc4C)c(C(=O)O[C@@H](Cc4ccc(O)c(O)c4)C(=O)O)c3c2)C(=O)O)ccc1O. The molecule has 14 nitrogen and oxygen atoms in total. The number of phenols is 5. The van der Waals surface area contributed by atoms with Crippen molar-refractivity contribution in [2.24, 2.45) is 0 Å². The zero-order valence-electron chi connectivity index (χ0n) is 27.6. The Morgan fingerprint density at radius 2 is 1.33 bits per heavy atom. The van der Waals surface area contributed by atoms with Gasteiger partial charge in [0.15, 0.2) is 22.8 Å². The summed E-state index contributed by atoms with van der Waals surface area (Å²) in [6, 6.07) is 14.8. The molecule has 0 aliphatic heterocycles. The summed E-state index contributed by atoms with van der Waals surface area (Å²) in [6.45, 7) is 3.24. The number of carbonyl (C=O) groups is 4. The summed E-state index contributed by atoms with van der Waals surface area (Å²) >= 11 is 0. The summed E-state index contributed by atoms with van der Waals surface area (Å²) in [4.78, 5) is 50.6. The second-order valence-corrected chi connectivity index (χ2v) is 11.9. The van der Waals surface area contributed by atoms with Gasteiger partial charge >= 0.3 is 23.9 Å². The van der Waals surface area contributed by atoms with Gasteiger partial charge in [-0.3, -0.25) is 0 Å². The van der Waals surface area contributed by atoms with Crippen LogP contribution in [0, 0.1) is 13.8 Å². The van der Waals surface area contributed by atoms with Gasteiger partial charge in [0, 0.05) is 29.9 Å². The van der Waals surface area contributed by atoms with E-state index < -0.39 is 59.8 Å². The third kappa shape index (κ3) is 8.08. The van der Waals surface area contributed by atoms with E-state index in [9.17, 15) is 54.9 Å². The molecular weight excluding hydrogens is 680 g/mol. The van der Waals surface area contributed by atoms with Crippen molar-refractivity contribution in [1.29, 1.82) is 0 Å². The normalized spacial score (nSPS) is 12.4. The predicted molar refractivity (Wildman–Crippen MR) is 183 cm³/mol. The quantitative estimate of drug-likeness (QED) is 0.0490. The molecule has 1 heterocycles. The Labute approximate surface area is 294 Å². The number of carboxylic acid groups (broad SMARTS) is 2. The molecule has 0 bridgehead atoms. The summed E-state index contributed by atoms with van der Waals surface area (Å²) in [6.07, 6.45) is -1.84. The van der Waals surface area contributed by atoms with Crippen molar-refractivity contribution in [3.8, 4) is 40.1 Å². The number of fused-ring (bicyclic) bond motifs is 1. The molecule has 0 unspecified atom stereocenters. The molecule has 0 saturated heterocycles. The number of phenolic OH excluding ortho intramolecular Hbond substituents is 5. The Morgan fingerprint density at radius 3 is 1.94 bits per heavy atom. The highest BCUT2D eigenvalue weighted by Gasteiger charge is 2.31. The van der Waals surface area contributed by atoms with E-state index in [0.717, 1.165) is 18.2 Å². The van der Waals surface area contributed by atoms with Gasteiger partial charge < -0.3 is 49.6 Å². The van der Waals surface area contributed by atoms with Crippen LogP contribution >= 0.6 is 0 Å². The molecule has 0 saturated carbocycles. The standard InChI is InChI=1S/C38H32O14/c1-18-12-23(39)6-7-24(18)35-33(38(49)51-31(37(47)48)17-22-4-9-27(41)28(42)14-22)25-13-21(15-29(43)34(25)52-35)5-10-32(44)50-30(36(45)46)16-20-3-8-26(40)19(2)11-20/h3-15,30-31,39-43H,16-17H2,1-2H3,(H,45,46)(H,47,48)/t30-,31+/m1/s1. The molecule has 5 aromatic rings. The maximum absolute atomic E-state index is 13.9. The number of hydrogen-bond acceptors (Lipinski definition) is 12. The minimum atomic E-state index is -1.78. The van der Waals surface area contributed by atoms with Crippen LogP contribution in [0.25, 0.3) is 28.4 Å². The Bertz CT molecular complexity index is 2250. The summed E-state index contributed by atoms with van der Waals surface area (Å²) in [5.74, 6) is -6.78. The van der Waals surface area contributed by atoms with E-state index in [1.54, 1.807) is 19.9 Å². The van der Waals surface area contributed by atoms with Gasteiger partial charge in [-0.25, -0.2) is 19.2 Å². The molecule has 0 radical (unpaired) electrons. The van der Waals surface area contributed by atoms with E-state index in [0.29, 0.717) is 22.3 Å². The Balaban J connectivity index is 1.49. The first-order chi connectivity index (χ1) is 24.6. The third-order valence-corrected chi connectivity index (χ3v) is 8.06. The van der Waals surface area contributed by atoms with Crippen LogP contribution in [0.3, 0.4) is 0 Å². The number of rotatable bonds is 12. The molecule has 0 amide bonds. The van der Waals surface area contributed by atoms with Crippen LogP contribution in [-0.4, -0.2) is 71.8 Å². The molecule has 0 fully saturated rings. The molecule has 14 heteroatoms. The number of furan rings is 1. The van der Waals surface area contributed by atoms with Crippen LogP contribution in [-0.2, 0) is 36.7 Å². The van der Waals surface area contributed by atoms with Gasteiger partial charge in [-0.2, -0.15) is 0 Å². The highest BCUT2D eigenvalue weighted by Crippen LogP contribution is 2.41. The van der Waals surface area contributed by atoms with Crippen molar-refractivity contribution in [1.82, 2.24) is 0 Å². The smallest absolute Gasteiger partial charge is 0.345 e. The van der Waals surface area contributed by atoms with E-state index in [-0.39, 0.29) is 51.3 Å². The number of aryl methyl sites for hydroxylation is 2. The third-order valence-electron chi connectivity index (χ3n) is 8.06. The van der Waals surface area contributed by atoms with Crippen LogP contribution in [0.15, 0.2) is 77.2 Å². The number of aliphatic carboxylic acids is 2. The number of carbonyl (C=O) groups excluding carboxylic acids is 2. The second-order valence-electron chi connectivity index (χ2n) is 11.9. The number of ether oxygens (including phenoxy) is 2. The first-order valence-corrected chi connectivity index (χ1v) is 15.6. The fraction of sp³-hybridized carbons (Fsp3) is 0.158. The van der Waals surface area contributed by atoms with Crippen LogP contribution in [0.5, 0.6) is 28.7 Å². The predicted octanol–water partition coefficient (Wildman–Crippen LogP) is 5.35. The number of esters is 2. The van der Waals surface area contributed by atoms with Crippen LogP contribution in [0.4, 0.5) is 0 Å². The fourth-order valence-electron chi connectivity index (χ4n) is 5.45. The van der Waals surface area contributed by atoms with Crippen molar-refractivity contribution < 1.29 is 68.8 Å². The van der Waals surface area contributed by atoms with Gasteiger partial charge in [-0.1, -0.05) is 18.2 Å². The summed E-state index contributed by atoms with van der Waals surface area (Å²) in [7, 11) is 0. The minimum Gasteiger partial charge on any atom is -0.508 e. The minimum absolute atomic E-state index is 0.0204. The number of carboxylic acids is 2. The highest BCUT2D eigenvalue weighted by molar-refractivity contribution is 6.11. The largest absolute Gasteiger partial charge is 0.508 e. The van der Waals surface area contributed by atoms with Crippen LogP contribution in [0.1, 0.15) is 38.2 Å². The lowest BCUT2D eigenvalue weighted by molar-refractivity contribution is -0.160. The van der Waals surface area contributed by atoms with E-state index in [2.05, 4.69) is 0 Å². The second kappa shape index (κ2) is 14.9. The average molecular weight is 713 g/mol. The van der Waals surface area contributed by atoms with Crippen LogP contribution in [0.2, 0.25) is 0 Å². The zero-order valence-corrected chi connectivity index (χ0v) is 27.6. The molecule has 0 spiro atoms. The van der Waals surface area contributed by atoms with Gasteiger partial charge in [-0.15, -0.1) is 0 Å². The lowest BCUT2D eigenvalue weighted by atomic mass is 10.00. The molecule has 1 aromatic heterocycles. The molecule has 52 heavy (non-hydrogen) atoms. The van der Waals surface area contributed by atoms with E-state index in [1.807, 2.05) is 0 Å². The number of benzene rings is 4. The molecule has 268 valence electrons. The first kappa shape index (κ1) is 36.3. The van der Waals surface area contributed by atoms with E-state index in [1.165, 1.54) is 54.6 Å². The van der Waals surface area contributed by atoms with Crippen molar-refractivity contribution in [3.05, 3.63) is 106 Å². The van der Waals surface area contributed by atoms with Gasteiger partial charge in [0.2, 0.25) is 12.2 Å². The maximum atomic E-state index is 13.9. The van der Waals surface area contributed by atoms with Gasteiger partial charge in [0.1, 0.15) is 22.8 Å².